The summed E-state index contributed by atoms with van der Waals surface area (Å²) in [6.07, 6.45) is 2.02. The van der Waals surface area contributed by atoms with Crippen molar-refractivity contribution >= 4 is 35.2 Å². The summed E-state index contributed by atoms with van der Waals surface area (Å²) in [6.45, 7) is 0. The number of thioether (sulfide) groups is 1. The van der Waals surface area contributed by atoms with Gasteiger partial charge in [-0.3, -0.25) is 4.79 Å². The number of rotatable bonds is 3. The Bertz CT molecular complexity index is 605. The second kappa shape index (κ2) is 5.42. The van der Waals surface area contributed by atoms with Gasteiger partial charge in [0.2, 0.25) is 0 Å². The van der Waals surface area contributed by atoms with Gasteiger partial charge < -0.3 is 15.1 Å². The maximum atomic E-state index is 12.7. The van der Waals surface area contributed by atoms with Crippen molar-refractivity contribution in [2.45, 2.75) is 24.3 Å². The van der Waals surface area contributed by atoms with Crippen LogP contribution in [0.2, 0.25) is 5.02 Å². The van der Waals surface area contributed by atoms with Crippen LogP contribution in [0.3, 0.4) is 0 Å². The zero-order chi connectivity index (χ0) is 15.1. The van der Waals surface area contributed by atoms with Crippen LogP contribution >= 0.6 is 23.4 Å². The summed E-state index contributed by atoms with van der Waals surface area (Å²) in [5, 5.41) is 19.4. The first-order valence-electron chi connectivity index (χ1n) is 6.64. The van der Waals surface area contributed by atoms with Crippen LogP contribution in [0, 0.1) is 5.92 Å². The van der Waals surface area contributed by atoms with Crippen molar-refractivity contribution < 1.29 is 19.8 Å². The molecule has 2 aliphatic rings. The van der Waals surface area contributed by atoms with Gasteiger partial charge in [0.05, 0.1) is 10.9 Å². The van der Waals surface area contributed by atoms with E-state index >= 15 is 0 Å². The molecule has 1 heterocycles. The van der Waals surface area contributed by atoms with Gasteiger partial charge in [0, 0.05) is 10.8 Å². The van der Waals surface area contributed by atoms with Crippen LogP contribution in [-0.4, -0.2) is 44.2 Å². The molecule has 7 heteroatoms. The summed E-state index contributed by atoms with van der Waals surface area (Å²) in [5.74, 6) is -0.932. The number of phenolic OH excluding ortho intramolecular Hbond substituents is 1. The highest BCUT2D eigenvalue weighted by atomic mass is 35.5. The maximum Gasteiger partial charge on any atom is 0.327 e. The third kappa shape index (κ3) is 2.70. The molecule has 1 aromatic carbocycles. The summed E-state index contributed by atoms with van der Waals surface area (Å²) >= 11 is 7.37. The number of halogens is 1. The Balaban J connectivity index is 1.95. The third-order valence-electron chi connectivity index (χ3n) is 3.77. The third-order valence-corrected chi connectivity index (χ3v) is 5.47. The lowest BCUT2D eigenvalue weighted by Crippen LogP contribution is -2.46. The molecule has 2 unspecified atom stereocenters. The Morgan fingerprint density at radius 3 is 2.67 bits per heavy atom. The lowest BCUT2D eigenvalue weighted by Gasteiger charge is -2.27. The Kier molecular flexibility index (Phi) is 3.75. The fourth-order valence-corrected chi connectivity index (χ4v) is 4.34. The van der Waals surface area contributed by atoms with Crippen molar-refractivity contribution in [3.63, 3.8) is 0 Å². The number of amides is 1. The number of hydrogen-bond donors (Lipinski definition) is 2. The van der Waals surface area contributed by atoms with Crippen LogP contribution in [0.15, 0.2) is 18.2 Å². The smallest absolute Gasteiger partial charge is 0.327 e. The number of aliphatic carboxylic acids is 1. The molecule has 0 radical (unpaired) electrons. The van der Waals surface area contributed by atoms with Crippen LogP contribution in [0.25, 0.3) is 0 Å². The summed E-state index contributed by atoms with van der Waals surface area (Å²) in [4.78, 5) is 25.5. The number of nitrogens with zero attached hydrogens (tertiary/aromatic N) is 1. The average Bonchev–Trinajstić information content (AvgIpc) is 3.19. The van der Waals surface area contributed by atoms with E-state index in [-0.39, 0.29) is 16.7 Å². The normalized spacial score (nSPS) is 25.1. The van der Waals surface area contributed by atoms with Gasteiger partial charge in [-0.1, -0.05) is 11.6 Å². The van der Waals surface area contributed by atoms with E-state index in [2.05, 4.69) is 0 Å². The molecule has 0 bridgehead atoms. The van der Waals surface area contributed by atoms with E-state index in [9.17, 15) is 19.8 Å². The zero-order valence-electron chi connectivity index (χ0n) is 11.0. The van der Waals surface area contributed by atoms with Gasteiger partial charge in [0.25, 0.3) is 5.91 Å². The number of hydrogen-bond acceptors (Lipinski definition) is 4. The molecule has 2 fully saturated rings. The molecule has 2 atom stereocenters. The quantitative estimate of drug-likeness (QED) is 0.891. The van der Waals surface area contributed by atoms with Crippen molar-refractivity contribution in [2.24, 2.45) is 5.92 Å². The molecule has 3 rings (SSSR count). The van der Waals surface area contributed by atoms with Gasteiger partial charge in [-0.15, -0.1) is 11.8 Å². The Morgan fingerprint density at radius 2 is 2.05 bits per heavy atom. The molecule has 1 aliphatic heterocycles. The fourth-order valence-electron chi connectivity index (χ4n) is 2.54. The van der Waals surface area contributed by atoms with Crippen molar-refractivity contribution in [1.82, 2.24) is 4.90 Å². The molecule has 1 saturated heterocycles. The molecule has 1 amide bonds. The zero-order valence-corrected chi connectivity index (χ0v) is 12.6. The molecular weight excluding hydrogens is 314 g/mol. The number of aromatic hydroxyl groups is 1. The van der Waals surface area contributed by atoms with E-state index in [0.717, 1.165) is 12.8 Å². The highest BCUT2D eigenvalue weighted by Gasteiger charge is 2.48. The standard InChI is InChI=1S/C14H14ClNO4S/c15-8-3-4-11(17)9(5-8)12(18)16-10(14(19)20)6-21-13(16)7-1-2-7/h3-5,7,10,13,17H,1-2,6H2,(H,19,20). The monoisotopic (exact) mass is 327 g/mol. The van der Waals surface area contributed by atoms with E-state index in [4.69, 9.17) is 11.6 Å². The minimum atomic E-state index is -1.01. The summed E-state index contributed by atoms with van der Waals surface area (Å²) in [7, 11) is 0. The topological polar surface area (TPSA) is 77.8 Å². The van der Waals surface area contributed by atoms with E-state index in [1.54, 1.807) is 0 Å². The van der Waals surface area contributed by atoms with Gasteiger partial charge in [-0.2, -0.15) is 0 Å². The molecule has 21 heavy (non-hydrogen) atoms. The van der Waals surface area contributed by atoms with E-state index in [1.165, 1.54) is 34.9 Å². The summed E-state index contributed by atoms with van der Waals surface area (Å²) in [6, 6.07) is 3.36. The molecular formula is C14H14ClNO4S. The van der Waals surface area contributed by atoms with Crippen molar-refractivity contribution in [2.75, 3.05) is 5.75 Å². The van der Waals surface area contributed by atoms with Crippen LogP contribution in [0.5, 0.6) is 5.75 Å². The Labute approximate surface area is 130 Å². The first kappa shape index (κ1) is 14.5. The lowest BCUT2D eigenvalue weighted by molar-refractivity contribution is -0.141. The fraction of sp³-hybridized carbons (Fsp3) is 0.429. The van der Waals surface area contributed by atoms with Crippen LogP contribution in [0.1, 0.15) is 23.2 Å². The lowest BCUT2D eigenvalue weighted by atomic mass is 10.1. The van der Waals surface area contributed by atoms with Gasteiger partial charge >= 0.3 is 5.97 Å². The van der Waals surface area contributed by atoms with E-state index in [0.29, 0.717) is 16.7 Å². The number of benzene rings is 1. The Morgan fingerprint density at radius 1 is 1.33 bits per heavy atom. The largest absolute Gasteiger partial charge is 0.507 e. The molecule has 1 aliphatic carbocycles. The number of carboxylic acid groups (broad SMARTS) is 1. The summed E-state index contributed by atoms with van der Waals surface area (Å²) in [5.41, 5.74) is 0.0573. The molecule has 0 spiro atoms. The Hall–Kier alpha value is -1.40. The first-order chi connectivity index (χ1) is 9.99. The second-order valence-corrected chi connectivity index (χ2v) is 6.88. The van der Waals surface area contributed by atoms with Crippen LogP contribution in [0.4, 0.5) is 0 Å². The minimum Gasteiger partial charge on any atom is -0.507 e. The van der Waals surface area contributed by atoms with E-state index < -0.39 is 17.9 Å². The minimum absolute atomic E-state index is 0.0573. The summed E-state index contributed by atoms with van der Waals surface area (Å²) < 4.78 is 0. The van der Waals surface area contributed by atoms with Gasteiger partial charge in [0.15, 0.2) is 0 Å². The van der Waals surface area contributed by atoms with E-state index in [1.807, 2.05) is 0 Å². The predicted octanol–water partition coefficient (Wildman–Crippen LogP) is 2.42. The van der Waals surface area contributed by atoms with Gasteiger partial charge in [-0.25, -0.2) is 4.79 Å². The van der Waals surface area contributed by atoms with Crippen LogP contribution in [-0.2, 0) is 4.79 Å². The van der Waals surface area contributed by atoms with Crippen molar-refractivity contribution in [1.29, 1.82) is 0 Å². The van der Waals surface area contributed by atoms with Gasteiger partial charge in [-0.05, 0) is 37.0 Å². The number of phenols is 1. The molecule has 5 nitrogen and oxygen atoms in total. The molecule has 1 saturated carbocycles. The van der Waals surface area contributed by atoms with Crippen LogP contribution < -0.4 is 0 Å². The maximum absolute atomic E-state index is 12.7. The predicted molar refractivity (Wildman–Crippen MR) is 79.7 cm³/mol. The van der Waals surface area contributed by atoms with Crippen molar-refractivity contribution in [3.8, 4) is 5.75 Å². The second-order valence-electron chi connectivity index (χ2n) is 5.29. The number of carbonyl (C=O) groups excluding carboxylic acids is 1. The first-order valence-corrected chi connectivity index (χ1v) is 8.07. The number of carbonyl (C=O) groups is 2. The van der Waals surface area contributed by atoms with Gasteiger partial charge in [0.1, 0.15) is 11.8 Å². The highest BCUT2D eigenvalue weighted by molar-refractivity contribution is 8.00. The average molecular weight is 328 g/mol. The molecule has 2 N–H and O–H groups in total. The molecule has 1 aromatic rings. The van der Waals surface area contributed by atoms with Crippen molar-refractivity contribution in [3.05, 3.63) is 28.8 Å². The molecule has 112 valence electrons. The molecule has 0 aromatic heterocycles. The highest BCUT2D eigenvalue weighted by Crippen LogP contribution is 2.46. The number of carboxylic acids is 1. The SMILES string of the molecule is O=C(O)C1CSC(C2CC2)N1C(=O)c1cc(Cl)ccc1O.